The molecule has 2 rings (SSSR count). The molecule has 0 unspecified atom stereocenters. The molecule has 1 amide bonds. The fourth-order valence-electron chi connectivity index (χ4n) is 1.77. The normalized spacial score (nSPS) is 10.7. The Morgan fingerprint density at radius 1 is 1.14 bits per heavy atom. The van der Waals surface area contributed by atoms with E-state index in [-0.39, 0.29) is 11.3 Å². The molecule has 7 heteroatoms. The van der Waals surface area contributed by atoms with Crippen LogP contribution in [0.25, 0.3) is 0 Å². The number of rotatable bonds is 4. The average Bonchev–Trinajstić information content (AvgIpc) is 2.49. The van der Waals surface area contributed by atoms with E-state index in [2.05, 4.69) is 0 Å². The van der Waals surface area contributed by atoms with Crippen LogP contribution in [0.5, 0.6) is 0 Å². The van der Waals surface area contributed by atoms with Crippen LogP contribution < -0.4 is 4.72 Å². The van der Waals surface area contributed by atoms with Crippen molar-refractivity contribution in [3.63, 3.8) is 0 Å². The van der Waals surface area contributed by atoms with Gasteiger partial charge in [0.1, 0.15) is 0 Å². The fraction of sp³-hybridized carbons (Fsp3) is 0.0667. The molecular formula is C15H11ClN2O3S. The predicted octanol–water partition coefficient (Wildman–Crippen LogP) is 2.26. The van der Waals surface area contributed by atoms with Crippen LogP contribution in [0, 0.1) is 11.3 Å². The van der Waals surface area contributed by atoms with E-state index in [4.69, 9.17) is 16.9 Å². The SMILES string of the molecule is N#Cc1ccc(S(=O)(=O)NC(=O)Cc2ccccc2Cl)cc1. The molecule has 0 aliphatic carbocycles. The third kappa shape index (κ3) is 3.85. The largest absolute Gasteiger partial charge is 0.274 e. The van der Waals surface area contributed by atoms with E-state index in [1.54, 1.807) is 24.3 Å². The zero-order chi connectivity index (χ0) is 16.2. The van der Waals surface area contributed by atoms with Crippen molar-refractivity contribution in [2.75, 3.05) is 0 Å². The Balaban J connectivity index is 2.13. The molecule has 0 aromatic heterocycles. The lowest BCUT2D eigenvalue weighted by molar-refractivity contribution is -0.118. The van der Waals surface area contributed by atoms with Crippen LogP contribution in [0.1, 0.15) is 11.1 Å². The molecule has 5 nitrogen and oxygen atoms in total. The zero-order valence-corrected chi connectivity index (χ0v) is 12.9. The van der Waals surface area contributed by atoms with Gasteiger partial charge in [0.05, 0.1) is 22.9 Å². The Kier molecular flexibility index (Phi) is 4.81. The van der Waals surface area contributed by atoms with Gasteiger partial charge in [0.25, 0.3) is 10.0 Å². The van der Waals surface area contributed by atoms with Gasteiger partial charge in [0, 0.05) is 5.02 Å². The summed E-state index contributed by atoms with van der Waals surface area (Å²) >= 11 is 5.93. The summed E-state index contributed by atoms with van der Waals surface area (Å²) in [7, 11) is -3.97. The minimum atomic E-state index is -3.97. The van der Waals surface area contributed by atoms with E-state index in [0.29, 0.717) is 16.1 Å². The van der Waals surface area contributed by atoms with E-state index in [0.717, 1.165) is 0 Å². The van der Waals surface area contributed by atoms with Crippen molar-refractivity contribution in [2.45, 2.75) is 11.3 Å². The summed E-state index contributed by atoms with van der Waals surface area (Å²) in [6.07, 6.45) is -0.144. The van der Waals surface area contributed by atoms with Crippen molar-refractivity contribution in [1.82, 2.24) is 4.72 Å². The van der Waals surface area contributed by atoms with Crippen molar-refractivity contribution >= 4 is 27.5 Å². The molecule has 0 fully saturated rings. The second kappa shape index (κ2) is 6.60. The van der Waals surface area contributed by atoms with Crippen molar-refractivity contribution in [2.24, 2.45) is 0 Å². The van der Waals surface area contributed by atoms with Gasteiger partial charge in [-0.2, -0.15) is 5.26 Å². The molecule has 0 atom stereocenters. The molecule has 0 saturated carbocycles. The minimum absolute atomic E-state index is 0.0843. The van der Waals surface area contributed by atoms with Crippen molar-refractivity contribution in [3.8, 4) is 6.07 Å². The van der Waals surface area contributed by atoms with Crippen LogP contribution in [0.2, 0.25) is 5.02 Å². The van der Waals surface area contributed by atoms with Crippen LogP contribution in [-0.2, 0) is 21.2 Å². The van der Waals surface area contributed by atoms with Gasteiger partial charge in [-0.15, -0.1) is 0 Å². The number of nitrogens with zero attached hydrogens (tertiary/aromatic N) is 1. The number of nitrogens with one attached hydrogen (secondary N) is 1. The zero-order valence-electron chi connectivity index (χ0n) is 11.3. The molecule has 0 spiro atoms. The number of carbonyl (C=O) groups is 1. The summed E-state index contributed by atoms with van der Waals surface area (Å²) in [5, 5.41) is 9.08. The molecule has 112 valence electrons. The molecule has 2 aromatic carbocycles. The third-order valence-electron chi connectivity index (χ3n) is 2.85. The second-order valence-electron chi connectivity index (χ2n) is 4.43. The lowest BCUT2D eigenvalue weighted by Crippen LogP contribution is -2.31. The van der Waals surface area contributed by atoms with Crippen LogP contribution in [-0.4, -0.2) is 14.3 Å². The van der Waals surface area contributed by atoms with E-state index in [1.165, 1.54) is 24.3 Å². The number of sulfonamides is 1. The molecule has 0 radical (unpaired) electrons. The predicted molar refractivity (Wildman–Crippen MR) is 81.6 cm³/mol. The Morgan fingerprint density at radius 3 is 2.36 bits per heavy atom. The molecule has 0 saturated heterocycles. The Morgan fingerprint density at radius 2 is 1.77 bits per heavy atom. The van der Waals surface area contributed by atoms with Crippen molar-refractivity contribution in [1.29, 1.82) is 5.26 Å². The van der Waals surface area contributed by atoms with E-state index in [9.17, 15) is 13.2 Å². The van der Waals surface area contributed by atoms with Gasteiger partial charge in [0.15, 0.2) is 0 Å². The van der Waals surface area contributed by atoms with E-state index < -0.39 is 15.9 Å². The summed E-state index contributed by atoms with van der Waals surface area (Å²) in [6, 6.07) is 13.9. The summed E-state index contributed by atoms with van der Waals surface area (Å²) in [5.41, 5.74) is 0.873. The monoisotopic (exact) mass is 334 g/mol. The molecule has 1 N–H and O–H groups in total. The first-order valence-corrected chi connectivity index (χ1v) is 8.08. The molecule has 0 heterocycles. The molecule has 2 aromatic rings. The number of carbonyl (C=O) groups excluding carboxylic acids is 1. The first-order chi connectivity index (χ1) is 10.4. The lowest BCUT2D eigenvalue weighted by atomic mass is 10.1. The summed E-state index contributed by atoms with van der Waals surface area (Å²) in [5.74, 6) is -0.683. The van der Waals surface area contributed by atoms with Gasteiger partial charge in [-0.1, -0.05) is 29.8 Å². The highest BCUT2D eigenvalue weighted by molar-refractivity contribution is 7.90. The van der Waals surface area contributed by atoms with Crippen LogP contribution in [0.4, 0.5) is 0 Å². The maximum Gasteiger partial charge on any atom is 0.264 e. The molecule has 0 bridgehead atoms. The molecule has 22 heavy (non-hydrogen) atoms. The minimum Gasteiger partial charge on any atom is -0.274 e. The first-order valence-electron chi connectivity index (χ1n) is 6.21. The number of halogens is 1. The standard InChI is InChI=1S/C15H11ClN2O3S/c16-14-4-2-1-3-12(14)9-15(19)18-22(20,21)13-7-5-11(10-17)6-8-13/h1-8H,9H2,(H,18,19). The number of hydrogen-bond acceptors (Lipinski definition) is 4. The maximum atomic E-state index is 12.1. The Bertz CT molecular complexity index is 840. The van der Waals surface area contributed by atoms with Gasteiger partial charge in [-0.05, 0) is 35.9 Å². The van der Waals surface area contributed by atoms with Crippen LogP contribution >= 0.6 is 11.6 Å². The fourth-order valence-corrected chi connectivity index (χ4v) is 2.95. The molecule has 0 aliphatic rings. The highest BCUT2D eigenvalue weighted by Gasteiger charge is 2.18. The molecular weight excluding hydrogens is 324 g/mol. The maximum absolute atomic E-state index is 12.1. The van der Waals surface area contributed by atoms with Gasteiger partial charge in [-0.25, -0.2) is 13.1 Å². The second-order valence-corrected chi connectivity index (χ2v) is 6.52. The Hall–Kier alpha value is -2.36. The van der Waals surface area contributed by atoms with E-state index in [1.807, 2.05) is 10.8 Å². The van der Waals surface area contributed by atoms with Gasteiger partial charge in [-0.3, -0.25) is 4.79 Å². The van der Waals surface area contributed by atoms with Gasteiger partial charge in [0.2, 0.25) is 5.91 Å². The van der Waals surface area contributed by atoms with E-state index >= 15 is 0 Å². The van der Waals surface area contributed by atoms with Crippen molar-refractivity contribution < 1.29 is 13.2 Å². The summed E-state index contributed by atoms with van der Waals surface area (Å²) in [6.45, 7) is 0. The average molecular weight is 335 g/mol. The van der Waals surface area contributed by atoms with Gasteiger partial charge < -0.3 is 0 Å². The Labute approximate surface area is 133 Å². The van der Waals surface area contributed by atoms with Gasteiger partial charge >= 0.3 is 0 Å². The first kappa shape index (κ1) is 16.0. The number of amides is 1. The number of benzene rings is 2. The third-order valence-corrected chi connectivity index (χ3v) is 4.61. The summed E-state index contributed by atoms with van der Waals surface area (Å²) in [4.78, 5) is 11.8. The van der Waals surface area contributed by atoms with Crippen LogP contribution in [0.15, 0.2) is 53.4 Å². The highest BCUT2D eigenvalue weighted by Crippen LogP contribution is 2.16. The molecule has 0 aliphatic heterocycles. The van der Waals surface area contributed by atoms with Crippen molar-refractivity contribution in [3.05, 3.63) is 64.7 Å². The number of hydrogen-bond donors (Lipinski definition) is 1. The summed E-state index contributed by atoms with van der Waals surface area (Å²) < 4.78 is 26.1. The lowest BCUT2D eigenvalue weighted by Gasteiger charge is -2.08. The smallest absolute Gasteiger partial charge is 0.264 e. The quantitative estimate of drug-likeness (QED) is 0.929. The van der Waals surface area contributed by atoms with Crippen LogP contribution in [0.3, 0.4) is 0 Å². The topological polar surface area (TPSA) is 87.0 Å². The highest BCUT2D eigenvalue weighted by atomic mass is 35.5. The number of nitriles is 1.